The molecular formula is C10H17NO2S. The Morgan fingerprint density at radius 3 is 2.79 bits per heavy atom. The third-order valence-electron chi connectivity index (χ3n) is 2.68. The number of nitrogens with one attached hydrogen (secondary N) is 1. The summed E-state index contributed by atoms with van der Waals surface area (Å²) >= 11 is 0. The standard InChI is InChI=1S/C10H17NO2S/c1-3-4-8-11-9-6-5-7-10(9)14(2,12)13/h1,9-11H,4-8H2,2H3. The molecule has 0 amide bonds. The van der Waals surface area contributed by atoms with Gasteiger partial charge in [-0.3, -0.25) is 0 Å². The molecule has 0 spiro atoms. The molecule has 1 aliphatic carbocycles. The summed E-state index contributed by atoms with van der Waals surface area (Å²) in [6.45, 7) is 0.715. The smallest absolute Gasteiger partial charge is 0.151 e. The molecule has 0 saturated heterocycles. The summed E-state index contributed by atoms with van der Waals surface area (Å²) in [5.74, 6) is 2.53. The van der Waals surface area contributed by atoms with Crippen LogP contribution in [0.1, 0.15) is 25.7 Å². The molecule has 1 aliphatic rings. The second-order valence-electron chi connectivity index (χ2n) is 3.81. The molecule has 0 heterocycles. The number of rotatable bonds is 4. The van der Waals surface area contributed by atoms with E-state index in [0.29, 0.717) is 13.0 Å². The third-order valence-corrected chi connectivity index (χ3v) is 4.34. The van der Waals surface area contributed by atoms with Crippen LogP contribution in [-0.2, 0) is 9.84 Å². The first-order chi connectivity index (χ1) is 6.55. The van der Waals surface area contributed by atoms with Crippen LogP contribution in [0.5, 0.6) is 0 Å². The van der Waals surface area contributed by atoms with Crippen molar-refractivity contribution in [3.05, 3.63) is 0 Å². The number of terminal acetylenes is 1. The quantitative estimate of drug-likeness (QED) is 0.551. The fourth-order valence-electron chi connectivity index (χ4n) is 2.00. The highest BCUT2D eigenvalue weighted by Gasteiger charge is 2.33. The Kier molecular flexibility index (Phi) is 3.97. The van der Waals surface area contributed by atoms with Crippen molar-refractivity contribution in [1.29, 1.82) is 0 Å². The molecule has 2 unspecified atom stereocenters. The van der Waals surface area contributed by atoms with E-state index in [9.17, 15) is 8.42 Å². The minimum atomic E-state index is -2.90. The van der Waals surface area contributed by atoms with Crippen molar-refractivity contribution in [2.24, 2.45) is 0 Å². The highest BCUT2D eigenvalue weighted by atomic mass is 32.2. The van der Waals surface area contributed by atoms with Gasteiger partial charge in [0.15, 0.2) is 9.84 Å². The average Bonchev–Trinajstić information content (AvgIpc) is 2.52. The maximum atomic E-state index is 11.4. The molecule has 80 valence electrons. The van der Waals surface area contributed by atoms with E-state index in [1.165, 1.54) is 6.26 Å². The van der Waals surface area contributed by atoms with Crippen molar-refractivity contribution in [3.8, 4) is 12.3 Å². The second kappa shape index (κ2) is 4.81. The Hall–Kier alpha value is -0.530. The summed E-state index contributed by atoms with van der Waals surface area (Å²) in [5.41, 5.74) is 0. The molecular weight excluding hydrogens is 198 g/mol. The lowest BCUT2D eigenvalue weighted by Crippen LogP contribution is -2.40. The van der Waals surface area contributed by atoms with E-state index in [1.54, 1.807) is 0 Å². The van der Waals surface area contributed by atoms with E-state index in [-0.39, 0.29) is 11.3 Å². The lowest BCUT2D eigenvalue weighted by atomic mass is 10.2. The molecule has 0 radical (unpaired) electrons. The predicted molar refractivity (Wildman–Crippen MR) is 57.7 cm³/mol. The van der Waals surface area contributed by atoms with Crippen LogP contribution >= 0.6 is 0 Å². The van der Waals surface area contributed by atoms with E-state index in [2.05, 4.69) is 11.2 Å². The average molecular weight is 215 g/mol. The largest absolute Gasteiger partial charge is 0.312 e. The Morgan fingerprint density at radius 2 is 2.21 bits per heavy atom. The first-order valence-electron chi connectivity index (χ1n) is 4.91. The van der Waals surface area contributed by atoms with Gasteiger partial charge in [0.2, 0.25) is 0 Å². The number of hydrogen-bond acceptors (Lipinski definition) is 3. The summed E-state index contributed by atoms with van der Waals surface area (Å²) in [6.07, 6.45) is 9.83. The van der Waals surface area contributed by atoms with Gasteiger partial charge in [0.05, 0.1) is 5.25 Å². The highest BCUT2D eigenvalue weighted by molar-refractivity contribution is 7.91. The first-order valence-corrected chi connectivity index (χ1v) is 6.87. The molecule has 1 N–H and O–H groups in total. The highest BCUT2D eigenvalue weighted by Crippen LogP contribution is 2.24. The van der Waals surface area contributed by atoms with Gasteiger partial charge in [0, 0.05) is 25.3 Å². The summed E-state index contributed by atoms with van der Waals surface area (Å²) in [5, 5.41) is 3.01. The molecule has 1 rings (SSSR count). The van der Waals surface area contributed by atoms with E-state index >= 15 is 0 Å². The van der Waals surface area contributed by atoms with Crippen molar-refractivity contribution < 1.29 is 8.42 Å². The number of hydrogen-bond donors (Lipinski definition) is 1. The molecule has 1 fully saturated rings. The van der Waals surface area contributed by atoms with Crippen LogP contribution in [-0.4, -0.2) is 32.5 Å². The van der Waals surface area contributed by atoms with Crippen molar-refractivity contribution in [2.45, 2.75) is 37.0 Å². The molecule has 3 nitrogen and oxygen atoms in total. The second-order valence-corrected chi connectivity index (χ2v) is 6.08. The first kappa shape index (κ1) is 11.5. The van der Waals surface area contributed by atoms with E-state index in [0.717, 1.165) is 19.3 Å². The zero-order valence-corrected chi connectivity index (χ0v) is 9.31. The Labute approximate surface area is 86.2 Å². The zero-order valence-electron chi connectivity index (χ0n) is 8.49. The molecule has 1 saturated carbocycles. The Balaban J connectivity index is 2.49. The van der Waals surface area contributed by atoms with E-state index in [4.69, 9.17) is 6.42 Å². The van der Waals surface area contributed by atoms with Gasteiger partial charge in [-0.15, -0.1) is 12.3 Å². The van der Waals surface area contributed by atoms with Crippen LogP contribution in [0.4, 0.5) is 0 Å². The topological polar surface area (TPSA) is 46.2 Å². The summed E-state index contributed by atoms with van der Waals surface area (Å²) < 4.78 is 22.8. The van der Waals surface area contributed by atoms with Gasteiger partial charge in [-0.25, -0.2) is 8.42 Å². The third kappa shape index (κ3) is 3.00. The van der Waals surface area contributed by atoms with Crippen molar-refractivity contribution in [3.63, 3.8) is 0 Å². The van der Waals surface area contributed by atoms with Gasteiger partial charge in [0.1, 0.15) is 0 Å². The van der Waals surface area contributed by atoms with Crippen LogP contribution < -0.4 is 5.32 Å². The van der Waals surface area contributed by atoms with E-state index in [1.807, 2.05) is 0 Å². The van der Waals surface area contributed by atoms with Gasteiger partial charge >= 0.3 is 0 Å². The van der Waals surface area contributed by atoms with Crippen LogP contribution in [0.25, 0.3) is 0 Å². The minimum Gasteiger partial charge on any atom is -0.312 e. The minimum absolute atomic E-state index is 0.110. The zero-order chi connectivity index (χ0) is 10.6. The Bertz CT molecular complexity index is 316. The van der Waals surface area contributed by atoms with Gasteiger partial charge < -0.3 is 5.32 Å². The maximum Gasteiger partial charge on any atom is 0.151 e. The molecule has 0 aromatic carbocycles. The summed E-state index contributed by atoms with van der Waals surface area (Å²) in [4.78, 5) is 0. The van der Waals surface area contributed by atoms with Gasteiger partial charge in [-0.2, -0.15) is 0 Å². The summed E-state index contributed by atoms with van der Waals surface area (Å²) in [7, 11) is -2.90. The van der Waals surface area contributed by atoms with Crippen molar-refractivity contribution in [2.75, 3.05) is 12.8 Å². The molecule has 0 aromatic heterocycles. The van der Waals surface area contributed by atoms with E-state index < -0.39 is 9.84 Å². The van der Waals surface area contributed by atoms with Gasteiger partial charge in [-0.1, -0.05) is 6.42 Å². The molecule has 0 aliphatic heterocycles. The molecule has 0 aromatic rings. The Morgan fingerprint density at radius 1 is 1.50 bits per heavy atom. The normalized spacial score (nSPS) is 27.4. The van der Waals surface area contributed by atoms with Crippen LogP contribution in [0, 0.1) is 12.3 Å². The summed E-state index contributed by atoms with van der Waals surface area (Å²) in [6, 6.07) is 0.110. The van der Waals surface area contributed by atoms with Crippen molar-refractivity contribution >= 4 is 9.84 Å². The van der Waals surface area contributed by atoms with Crippen LogP contribution in [0.2, 0.25) is 0 Å². The maximum absolute atomic E-state index is 11.4. The monoisotopic (exact) mass is 215 g/mol. The lowest BCUT2D eigenvalue weighted by molar-refractivity contribution is 0.514. The number of sulfone groups is 1. The van der Waals surface area contributed by atoms with Gasteiger partial charge in [0.25, 0.3) is 0 Å². The molecule has 2 atom stereocenters. The lowest BCUT2D eigenvalue weighted by Gasteiger charge is -2.18. The molecule has 4 heteroatoms. The van der Waals surface area contributed by atoms with Crippen molar-refractivity contribution in [1.82, 2.24) is 5.32 Å². The fraction of sp³-hybridized carbons (Fsp3) is 0.800. The predicted octanol–water partition coefficient (Wildman–Crippen LogP) is 0.565. The fourth-order valence-corrected chi connectivity index (χ4v) is 3.43. The van der Waals surface area contributed by atoms with Crippen LogP contribution in [0.3, 0.4) is 0 Å². The van der Waals surface area contributed by atoms with Crippen LogP contribution in [0.15, 0.2) is 0 Å². The SMILES string of the molecule is C#CCCNC1CCCC1S(C)(=O)=O. The molecule has 14 heavy (non-hydrogen) atoms. The molecule has 0 bridgehead atoms. The van der Waals surface area contributed by atoms with Gasteiger partial charge in [-0.05, 0) is 12.8 Å².